The number of para-hydroxylation sites is 2. The molecule has 2 heterocycles. The van der Waals surface area contributed by atoms with Gasteiger partial charge in [-0.25, -0.2) is 0 Å². The van der Waals surface area contributed by atoms with Crippen molar-refractivity contribution in [2.24, 2.45) is 33.5 Å². The Morgan fingerprint density at radius 1 is 0.431 bits per heavy atom. The molecule has 7 aromatic rings. The van der Waals surface area contributed by atoms with Crippen molar-refractivity contribution in [1.29, 1.82) is 0 Å². The first-order chi connectivity index (χ1) is 31.5. The van der Waals surface area contributed by atoms with Crippen molar-refractivity contribution in [3.63, 3.8) is 0 Å². The highest BCUT2D eigenvalue weighted by molar-refractivity contribution is 7.01. The quantitative estimate of drug-likeness (QED) is 0.160. The summed E-state index contributed by atoms with van der Waals surface area (Å²) in [6.07, 6.45) is 7.64. The first kappa shape index (κ1) is 37.4. The molecule has 8 aliphatic rings. The summed E-state index contributed by atoms with van der Waals surface area (Å²) in [6, 6.07) is 59.7. The predicted octanol–water partition coefficient (Wildman–Crippen LogP) is 14.0. The normalized spacial score (nSPS) is 30.0. The number of nitrogens with zero attached hydrogens (tertiary/aromatic N) is 2. The molecule has 0 saturated heterocycles. The first-order valence-corrected chi connectivity index (χ1v) is 24.9. The highest BCUT2D eigenvalue weighted by Gasteiger charge is 2.73. The van der Waals surface area contributed by atoms with Crippen LogP contribution in [0, 0.1) is 33.5 Å². The molecule has 7 aromatic carbocycles. The van der Waals surface area contributed by atoms with Gasteiger partial charge < -0.3 is 9.80 Å². The molecule has 6 aliphatic carbocycles. The second-order valence-corrected chi connectivity index (χ2v) is 23.2. The van der Waals surface area contributed by atoms with Gasteiger partial charge in [-0.1, -0.05) is 151 Å². The van der Waals surface area contributed by atoms with Gasteiger partial charge in [0.15, 0.2) is 0 Å². The molecule has 4 unspecified atom stereocenters. The minimum atomic E-state index is -0.0902. The first-order valence-electron chi connectivity index (χ1n) is 24.9. The number of hydrogen-bond acceptors (Lipinski definition) is 2. The maximum absolute atomic E-state index is 2.80. The molecule has 0 aromatic heterocycles. The van der Waals surface area contributed by atoms with Crippen LogP contribution in [-0.2, 0) is 10.8 Å². The summed E-state index contributed by atoms with van der Waals surface area (Å²) in [5.41, 5.74) is 24.9. The Balaban J connectivity index is 1.09. The zero-order valence-electron chi connectivity index (χ0n) is 38.8. The molecule has 4 fully saturated rings. The second-order valence-electron chi connectivity index (χ2n) is 23.2. The van der Waals surface area contributed by atoms with E-state index < -0.39 is 0 Å². The lowest BCUT2D eigenvalue weighted by Gasteiger charge is -2.50. The van der Waals surface area contributed by atoms with Crippen molar-refractivity contribution in [3.8, 4) is 22.3 Å². The predicted molar refractivity (Wildman–Crippen MR) is 271 cm³/mol. The van der Waals surface area contributed by atoms with Gasteiger partial charge >= 0.3 is 0 Å². The zero-order chi connectivity index (χ0) is 43.6. The largest absolute Gasteiger partial charge is 0.311 e. The summed E-state index contributed by atoms with van der Waals surface area (Å²) in [7, 11) is 0. The van der Waals surface area contributed by atoms with E-state index in [1.54, 1.807) is 22.3 Å². The molecule has 2 spiro atoms. The molecule has 15 rings (SSSR count). The molecule has 2 aliphatic heterocycles. The molecular formula is C62H57BN2. The number of hydrogen-bond donors (Lipinski definition) is 0. The van der Waals surface area contributed by atoms with Crippen LogP contribution in [0.25, 0.3) is 22.3 Å². The van der Waals surface area contributed by atoms with Crippen LogP contribution in [0.1, 0.15) is 102 Å². The van der Waals surface area contributed by atoms with Gasteiger partial charge in [0, 0.05) is 39.3 Å². The van der Waals surface area contributed by atoms with Crippen LogP contribution in [0.3, 0.4) is 0 Å². The molecule has 0 amide bonds. The fraction of sp³-hybridized carbons (Fsp3) is 0.323. The van der Waals surface area contributed by atoms with Crippen molar-refractivity contribution in [1.82, 2.24) is 0 Å². The van der Waals surface area contributed by atoms with Gasteiger partial charge in [-0.3, -0.25) is 0 Å². The smallest absolute Gasteiger partial charge is 0.252 e. The maximum atomic E-state index is 2.80. The van der Waals surface area contributed by atoms with E-state index in [0.717, 1.165) is 0 Å². The van der Waals surface area contributed by atoms with E-state index >= 15 is 0 Å². The fourth-order valence-electron chi connectivity index (χ4n) is 17.8. The van der Waals surface area contributed by atoms with E-state index in [-0.39, 0.29) is 39.2 Å². The zero-order valence-corrected chi connectivity index (χ0v) is 38.8. The van der Waals surface area contributed by atoms with Gasteiger partial charge in [0.05, 0.1) is 5.69 Å². The molecular weight excluding hydrogens is 784 g/mol. The molecule has 4 bridgehead atoms. The topological polar surface area (TPSA) is 6.48 Å². The van der Waals surface area contributed by atoms with Gasteiger partial charge in [-0.05, 0) is 175 Å². The average Bonchev–Trinajstić information content (AvgIpc) is 4.03. The Labute approximate surface area is 385 Å². The van der Waals surface area contributed by atoms with E-state index in [1.807, 2.05) is 0 Å². The Kier molecular flexibility index (Phi) is 6.78. The standard InChI is InChI=1S/C62H57BN2/c1-57(2)38-32-34-59(57,5)61(36-38)45-24-13-11-21-43(45)53-46(61)30-31-52-56(53)63-47-25-14-15-26-48(47)64(40-18-8-7-9-19-40)50-28-17-29-51(55(50)63)65(52)49-27-16-22-42-41-20-10-12-23-44(41)62(54(42)49)37-39-33-35-60(62,6)58(39,3)4/h7-31,38-39H,32-37H2,1-6H3/t38?,39?,59?,60?,61-,62+/m0/s1. The summed E-state index contributed by atoms with van der Waals surface area (Å²) < 4.78 is 0. The highest BCUT2D eigenvalue weighted by Crippen LogP contribution is 2.80. The Hall–Kier alpha value is -5.80. The monoisotopic (exact) mass is 840 g/mol. The van der Waals surface area contributed by atoms with Crippen molar-refractivity contribution >= 4 is 57.2 Å². The van der Waals surface area contributed by atoms with Crippen molar-refractivity contribution in [2.45, 2.75) is 90.9 Å². The lowest BCUT2D eigenvalue weighted by Crippen LogP contribution is -2.62. The van der Waals surface area contributed by atoms with Crippen LogP contribution in [0.15, 0.2) is 152 Å². The van der Waals surface area contributed by atoms with Gasteiger partial charge in [0.25, 0.3) is 6.71 Å². The number of anilines is 6. The van der Waals surface area contributed by atoms with Crippen LogP contribution in [0.4, 0.5) is 34.1 Å². The van der Waals surface area contributed by atoms with Crippen molar-refractivity contribution < 1.29 is 0 Å². The van der Waals surface area contributed by atoms with E-state index in [2.05, 4.69) is 203 Å². The van der Waals surface area contributed by atoms with Gasteiger partial charge in [0.1, 0.15) is 0 Å². The lowest BCUT2D eigenvalue weighted by atomic mass is 9.32. The fourth-order valence-corrected chi connectivity index (χ4v) is 17.8. The third kappa shape index (κ3) is 3.86. The Morgan fingerprint density at radius 3 is 1.66 bits per heavy atom. The molecule has 6 atom stereocenters. The highest BCUT2D eigenvalue weighted by atomic mass is 15.2. The van der Waals surface area contributed by atoms with Gasteiger partial charge in [-0.15, -0.1) is 0 Å². The summed E-state index contributed by atoms with van der Waals surface area (Å²) in [5, 5.41) is 0. The summed E-state index contributed by atoms with van der Waals surface area (Å²) >= 11 is 0. The maximum Gasteiger partial charge on any atom is 0.252 e. The van der Waals surface area contributed by atoms with E-state index in [1.165, 1.54) is 111 Å². The van der Waals surface area contributed by atoms with E-state index in [4.69, 9.17) is 0 Å². The Morgan fingerprint density at radius 2 is 0.969 bits per heavy atom. The van der Waals surface area contributed by atoms with Crippen LogP contribution >= 0.6 is 0 Å². The average molecular weight is 841 g/mol. The molecule has 4 saturated carbocycles. The third-order valence-electron chi connectivity index (χ3n) is 21.4. The Bertz CT molecular complexity index is 3270. The van der Waals surface area contributed by atoms with Crippen LogP contribution in [0.2, 0.25) is 0 Å². The SMILES string of the molecule is CC1(C)C2CCC1(C)[C@@]1(C2)c2ccccc2-c2c1ccc1c2B2c3ccccc3N(c3ccccc3)c3cccc(c32)N1c1cccc2c1[C@@]1(CC3CCC1(C)C3(C)C)c1ccccc1-2. The summed E-state index contributed by atoms with van der Waals surface area (Å²) in [5.74, 6) is 1.39. The van der Waals surface area contributed by atoms with Gasteiger partial charge in [0.2, 0.25) is 0 Å². The molecule has 2 nitrogen and oxygen atoms in total. The number of benzene rings is 7. The number of fused-ring (bicyclic) bond motifs is 21. The lowest BCUT2D eigenvalue weighted by molar-refractivity contribution is 0.0990. The summed E-state index contributed by atoms with van der Waals surface area (Å²) in [6.45, 7) is 15.9. The van der Waals surface area contributed by atoms with Crippen molar-refractivity contribution in [3.05, 3.63) is 174 Å². The minimum absolute atomic E-state index is 0.0296. The molecule has 3 heteroatoms. The molecule has 0 N–H and O–H groups in total. The second kappa shape index (κ2) is 11.8. The van der Waals surface area contributed by atoms with Gasteiger partial charge in [-0.2, -0.15) is 0 Å². The summed E-state index contributed by atoms with van der Waals surface area (Å²) in [4.78, 5) is 5.37. The molecule has 318 valence electrons. The molecule has 65 heavy (non-hydrogen) atoms. The van der Waals surface area contributed by atoms with E-state index in [0.29, 0.717) is 11.8 Å². The van der Waals surface area contributed by atoms with Crippen LogP contribution < -0.4 is 26.2 Å². The van der Waals surface area contributed by atoms with Crippen molar-refractivity contribution in [2.75, 3.05) is 9.80 Å². The minimum Gasteiger partial charge on any atom is -0.311 e. The van der Waals surface area contributed by atoms with E-state index in [9.17, 15) is 0 Å². The van der Waals surface area contributed by atoms with Crippen LogP contribution in [-0.4, -0.2) is 6.71 Å². The molecule has 0 radical (unpaired) electrons. The third-order valence-corrected chi connectivity index (χ3v) is 21.4. The van der Waals surface area contributed by atoms with Crippen LogP contribution in [0.5, 0.6) is 0 Å². The number of rotatable bonds is 2.